The van der Waals surface area contributed by atoms with Crippen LogP contribution in [0.4, 0.5) is 10.8 Å². The standard InChI is InChI=1S/C22H25N3O4S/c1-5-28-17-9-7-14(11-18(17)29-6-2)21(27)23-15-8-10-19-16(12-15)24-22(30-19)25-20(26)13(3)4/h7-13H,5-6H2,1-4H3,(H,23,27)(H,24,25,26). The van der Waals surface area contributed by atoms with Crippen molar-refractivity contribution in [3.05, 3.63) is 42.0 Å². The molecule has 0 fully saturated rings. The summed E-state index contributed by atoms with van der Waals surface area (Å²) < 4.78 is 12.1. The van der Waals surface area contributed by atoms with Crippen molar-refractivity contribution in [3.8, 4) is 11.5 Å². The molecule has 1 heterocycles. The minimum Gasteiger partial charge on any atom is -0.490 e. The summed E-state index contributed by atoms with van der Waals surface area (Å²) in [4.78, 5) is 29.0. The van der Waals surface area contributed by atoms with E-state index in [-0.39, 0.29) is 17.7 Å². The van der Waals surface area contributed by atoms with Crippen LogP contribution < -0.4 is 20.1 Å². The van der Waals surface area contributed by atoms with Gasteiger partial charge in [0, 0.05) is 17.2 Å². The van der Waals surface area contributed by atoms with Gasteiger partial charge in [-0.25, -0.2) is 4.98 Å². The van der Waals surface area contributed by atoms with Gasteiger partial charge in [0.05, 0.1) is 23.4 Å². The van der Waals surface area contributed by atoms with Gasteiger partial charge in [-0.15, -0.1) is 0 Å². The number of carbonyl (C=O) groups excluding carboxylic acids is 2. The molecule has 0 spiro atoms. The average molecular weight is 428 g/mol. The molecule has 30 heavy (non-hydrogen) atoms. The number of ether oxygens (including phenoxy) is 2. The summed E-state index contributed by atoms with van der Waals surface area (Å²) in [6, 6.07) is 10.6. The Hall–Kier alpha value is -3.13. The number of thiazole rings is 1. The van der Waals surface area contributed by atoms with Crippen LogP contribution in [-0.2, 0) is 4.79 Å². The van der Waals surface area contributed by atoms with E-state index in [2.05, 4.69) is 15.6 Å². The van der Waals surface area contributed by atoms with Crippen LogP contribution in [0, 0.1) is 5.92 Å². The molecule has 7 nitrogen and oxygen atoms in total. The molecule has 0 radical (unpaired) electrons. The maximum absolute atomic E-state index is 12.7. The Morgan fingerprint density at radius 1 is 1.00 bits per heavy atom. The molecule has 3 rings (SSSR count). The Bertz CT molecular complexity index is 1060. The Kier molecular flexibility index (Phi) is 6.89. The summed E-state index contributed by atoms with van der Waals surface area (Å²) >= 11 is 1.39. The number of carbonyl (C=O) groups is 2. The zero-order chi connectivity index (χ0) is 21.7. The van der Waals surface area contributed by atoms with E-state index in [1.54, 1.807) is 24.3 Å². The van der Waals surface area contributed by atoms with Crippen molar-refractivity contribution in [2.45, 2.75) is 27.7 Å². The first kappa shape index (κ1) is 21.6. The fourth-order valence-electron chi connectivity index (χ4n) is 2.70. The number of benzene rings is 2. The maximum Gasteiger partial charge on any atom is 0.255 e. The van der Waals surface area contributed by atoms with Crippen molar-refractivity contribution in [1.29, 1.82) is 0 Å². The molecule has 3 aromatic rings. The smallest absolute Gasteiger partial charge is 0.255 e. The van der Waals surface area contributed by atoms with Crippen LogP contribution in [0.5, 0.6) is 11.5 Å². The fourth-order valence-corrected chi connectivity index (χ4v) is 3.55. The number of anilines is 2. The molecule has 2 amide bonds. The van der Waals surface area contributed by atoms with E-state index in [9.17, 15) is 9.59 Å². The summed E-state index contributed by atoms with van der Waals surface area (Å²) in [7, 11) is 0. The molecule has 8 heteroatoms. The molecular weight excluding hydrogens is 402 g/mol. The van der Waals surface area contributed by atoms with Gasteiger partial charge in [-0.05, 0) is 50.2 Å². The minimum atomic E-state index is -0.262. The molecule has 2 N–H and O–H groups in total. The third-order valence-corrected chi connectivity index (χ3v) is 5.16. The third kappa shape index (κ3) is 5.07. The third-order valence-electron chi connectivity index (χ3n) is 4.21. The van der Waals surface area contributed by atoms with Crippen LogP contribution in [0.2, 0.25) is 0 Å². The lowest BCUT2D eigenvalue weighted by atomic mass is 10.1. The molecule has 1 aromatic heterocycles. The van der Waals surface area contributed by atoms with Crippen LogP contribution >= 0.6 is 11.3 Å². The fraction of sp³-hybridized carbons (Fsp3) is 0.318. The van der Waals surface area contributed by atoms with Crippen molar-refractivity contribution >= 4 is 44.2 Å². The molecule has 0 aliphatic heterocycles. The molecule has 0 aliphatic carbocycles. The van der Waals surface area contributed by atoms with Crippen LogP contribution in [0.25, 0.3) is 10.2 Å². The Labute approximate surface area is 179 Å². The first-order chi connectivity index (χ1) is 14.4. The lowest BCUT2D eigenvalue weighted by Crippen LogP contribution is -2.17. The van der Waals surface area contributed by atoms with Gasteiger partial charge in [0.2, 0.25) is 5.91 Å². The number of nitrogens with zero attached hydrogens (tertiary/aromatic N) is 1. The Balaban J connectivity index is 1.77. The molecule has 0 bridgehead atoms. The van der Waals surface area contributed by atoms with E-state index in [0.29, 0.717) is 46.6 Å². The normalized spacial score (nSPS) is 10.8. The largest absolute Gasteiger partial charge is 0.490 e. The van der Waals surface area contributed by atoms with E-state index in [1.807, 2.05) is 39.8 Å². The number of fused-ring (bicyclic) bond motifs is 1. The lowest BCUT2D eigenvalue weighted by Gasteiger charge is -2.12. The zero-order valence-electron chi connectivity index (χ0n) is 17.4. The van der Waals surface area contributed by atoms with Crippen molar-refractivity contribution in [2.75, 3.05) is 23.8 Å². The van der Waals surface area contributed by atoms with Gasteiger partial charge >= 0.3 is 0 Å². The van der Waals surface area contributed by atoms with Crippen molar-refractivity contribution in [1.82, 2.24) is 4.98 Å². The SMILES string of the molecule is CCOc1ccc(C(=O)Nc2ccc3sc(NC(=O)C(C)C)nc3c2)cc1OCC. The molecule has 0 aliphatic rings. The topological polar surface area (TPSA) is 89.6 Å². The van der Waals surface area contributed by atoms with Gasteiger partial charge in [-0.3, -0.25) is 9.59 Å². The van der Waals surface area contributed by atoms with Crippen LogP contribution in [0.15, 0.2) is 36.4 Å². The highest BCUT2D eigenvalue weighted by atomic mass is 32.1. The van der Waals surface area contributed by atoms with Gasteiger partial charge in [0.25, 0.3) is 5.91 Å². The summed E-state index contributed by atoms with van der Waals surface area (Å²) in [5, 5.41) is 6.23. The second-order valence-corrected chi connectivity index (χ2v) is 7.86. The minimum absolute atomic E-state index is 0.0804. The number of rotatable bonds is 8. The monoisotopic (exact) mass is 427 g/mol. The van der Waals surface area contributed by atoms with Crippen molar-refractivity contribution in [2.24, 2.45) is 5.92 Å². The number of amides is 2. The predicted octanol–water partition coefficient (Wildman–Crippen LogP) is 4.94. The Morgan fingerprint density at radius 3 is 2.43 bits per heavy atom. The van der Waals surface area contributed by atoms with E-state index in [4.69, 9.17) is 9.47 Å². The molecule has 158 valence electrons. The molecule has 0 unspecified atom stereocenters. The molecule has 2 aromatic carbocycles. The number of hydrogen-bond donors (Lipinski definition) is 2. The van der Waals surface area contributed by atoms with Gasteiger partial charge in [0.15, 0.2) is 16.6 Å². The highest BCUT2D eigenvalue weighted by molar-refractivity contribution is 7.22. The van der Waals surface area contributed by atoms with Gasteiger partial charge < -0.3 is 20.1 Å². The molecular formula is C22H25N3O4S. The summed E-state index contributed by atoms with van der Waals surface area (Å²) in [5.41, 5.74) is 1.79. The molecule has 0 saturated heterocycles. The van der Waals surface area contributed by atoms with E-state index in [0.717, 1.165) is 4.70 Å². The van der Waals surface area contributed by atoms with E-state index < -0.39 is 0 Å². The second kappa shape index (κ2) is 9.58. The number of hydrogen-bond acceptors (Lipinski definition) is 6. The highest BCUT2D eigenvalue weighted by Gasteiger charge is 2.14. The lowest BCUT2D eigenvalue weighted by molar-refractivity contribution is -0.118. The molecule has 0 saturated carbocycles. The van der Waals surface area contributed by atoms with Crippen LogP contribution in [0.1, 0.15) is 38.1 Å². The van der Waals surface area contributed by atoms with Gasteiger partial charge in [-0.1, -0.05) is 25.2 Å². The van der Waals surface area contributed by atoms with E-state index in [1.165, 1.54) is 11.3 Å². The number of nitrogens with one attached hydrogen (secondary N) is 2. The van der Waals surface area contributed by atoms with Crippen LogP contribution in [-0.4, -0.2) is 30.0 Å². The van der Waals surface area contributed by atoms with Crippen LogP contribution in [0.3, 0.4) is 0 Å². The first-order valence-corrected chi connectivity index (χ1v) is 10.6. The van der Waals surface area contributed by atoms with Gasteiger partial charge in [-0.2, -0.15) is 0 Å². The summed E-state index contributed by atoms with van der Waals surface area (Å²) in [5.74, 6) is 0.677. The Morgan fingerprint density at radius 2 is 1.73 bits per heavy atom. The van der Waals surface area contributed by atoms with E-state index >= 15 is 0 Å². The second-order valence-electron chi connectivity index (χ2n) is 6.83. The maximum atomic E-state index is 12.7. The summed E-state index contributed by atoms with van der Waals surface area (Å²) in [6.45, 7) is 8.41. The van der Waals surface area contributed by atoms with Gasteiger partial charge in [0.1, 0.15) is 0 Å². The summed E-state index contributed by atoms with van der Waals surface area (Å²) in [6.07, 6.45) is 0. The van der Waals surface area contributed by atoms with Crippen molar-refractivity contribution < 1.29 is 19.1 Å². The predicted molar refractivity (Wildman–Crippen MR) is 120 cm³/mol. The number of aromatic nitrogens is 1. The highest BCUT2D eigenvalue weighted by Crippen LogP contribution is 2.30. The first-order valence-electron chi connectivity index (χ1n) is 9.83. The quantitative estimate of drug-likeness (QED) is 0.531. The average Bonchev–Trinajstić information content (AvgIpc) is 3.11. The van der Waals surface area contributed by atoms with Crippen molar-refractivity contribution in [3.63, 3.8) is 0 Å². The zero-order valence-corrected chi connectivity index (χ0v) is 18.3. The molecule has 0 atom stereocenters.